The third kappa shape index (κ3) is 6.40. The normalized spacial score (nSPS) is 11.0. The zero-order valence-corrected chi connectivity index (χ0v) is 16.9. The van der Waals surface area contributed by atoms with Gasteiger partial charge in [-0.05, 0) is 42.3 Å². The van der Waals surface area contributed by atoms with Gasteiger partial charge in [-0.1, -0.05) is 6.92 Å². The van der Waals surface area contributed by atoms with E-state index in [1.54, 1.807) is 25.1 Å². The van der Waals surface area contributed by atoms with E-state index in [0.717, 1.165) is 17.7 Å². The maximum atomic E-state index is 13.2. The number of ether oxygens (including phenoxy) is 2. The Labute approximate surface area is 172 Å². The van der Waals surface area contributed by atoms with E-state index in [9.17, 15) is 22.8 Å². The Morgan fingerprint density at radius 2 is 1.60 bits per heavy atom. The number of hydrogen-bond acceptors (Lipinski definition) is 4. The average Bonchev–Trinajstić information content (AvgIpc) is 2.72. The quantitative estimate of drug-likeness (QED) is 0.671. The van der Waals surface area contributed by atoms with Crippen LogP contribution in [-0.4, -0.2) is 32.6 Å². The number of benzene rings is 2. The zero-order valence-electron chi connectivity index (χ0n) is 16.9. The number of amides is 2. The molecule has 0 aliphatic carbocycles. The Morgan fingerprint density at radius 1 is 0.967 bits per heavy atom. The van der Waals surface area contributed by atoms with Crippen molar-refractivity contribution in [2.45, 2.75) is 25.9 Å². The summed E-state index contributed by atoms with van der Waals surface area (Å²) in [7, 11) is 3.03. The molecule has 0 radical (unpaired) electrons. The maximum Gasteiger partial charge on any atom is 0.416 e. The van der Waals surface area contributed by atoms with Crippen LogP contribution in [0.25, 0.3) is 0 Å². The van der Waals surface area contributed by atoms with Crippen LogP contribution in [0.1, 0.15) is 34.8 Å². The Hall–Kier alpha value is -3.23. The van der Waals surface area contributed by atoms with Crippen molar-refractivity contribution in [1.82, 2.24) is 5.32 Å². The highest BCUT2D eigenvalue weighted by molar-refractivity contribution is 5.97. The van der Waals surface area contributed by atoms with Gasteiger partial charge >= 0.3 is 6.18 Å². The van der Waals surface area contributed by atoms with Gasteiger partial charge in [0.25, 0.3) is 5.91 Å². The Morgan fingerprint density at radius 3 is 2.13 bits per heavy atom. The van der Waals surface area contributed by atoms with Gasteiger partial charge < -0.3 is 20.1 Å². The number of methoxy groups -OCH3 is 2. The molecule has 0 unspecified atom stereocenters. The predicted octanol–water partition coefficient (Wildman–Crippen LogP) is 4.04. The third-order valence-corrected chi connectivity index (χ3v) is 4.24. The SMILES string of the molecule is CCC(=O)Nc1cc(C(=O)NCCc2cc(OC)cc(OC)c2)cc(C(F)(F)F)c1. The monoisotopic (exact) mass is 424 g/mol. The van der Waals surface area contributed by atoms with E-state index in [0.29, 0.717) is 17.9 Å². The number of hydrogen-bond donors (Lipinski definition) is 2. The lowest BCUT2D eigenvalue weighted by Gasteiger charge is -2.13. The fourth-order valence-corrected chi connectivity index (χ4v) is 2.68. The molecule has 0 atom stereocenters. The molecule has 2 N–H and O–H groups in total. The van der Waals surface area contributed by atoms with Crippen molar-refractivity contribution >= 4 is 17.5 Å². The van der Waals surface area contributed by atoms with Crippen LogP contribution in [0.3, 0.4) is 0 Å². The number of anilines is 1. The van der Waals surface area contributed by atoms with E-state index in [4.69, 9.17) is 9.47 Å². The molecule has 6 nitrogen and oxygen atoms in total. The number of carbonyl (C=O) groups is 2. The molecule has 2 rings (SSSR count). The minimum Gasteiger partial charge on any atom is -0.497 e. The van der Waals surface area contributed by atoms with Crippen LogP contribution in [-0.2, 0) is 17.4 Å². The molecule has 0 heterocycles. The minimum atomic E-state index is -4.65. The predicted molar refractivity (Wildman–Crippen MR) is 106 cm³/mol. The second kappa shape index (κ2) is 10.00. The summed E-state index contributed by atoms with van der Waals surface area (Å²) in [4.78, 5) is 24.0. The van der Waals surface area contributed by atoms with E-state index < -0.39 is 23.6 Å². The van der Waals surface area contributed by atoms with Crippen molar-refractivity contribution in [3.05, 3.63) is 53.1 Å². The van der Waals surface area contributed by atoms with Crippen molar-refractivity contribution in [2.24, 2.45) is 0 Å². The van der Waals surface area contributed by atoms with Crippen LogP contribution in [0.4, 0.5) is 18.9 Å². The number of halogens is 3. The molecule has 162 valence electrons. The first-order valence-electron chi connectivity index (χ1n) is 9.18. The van der Waals surface area contributed by atoms with E-state index in [1.165, 1.54) is 20.3 Å². The van der Waals surface area contributed by atoms with Crippen LogP contribution in [0, 0.1) is 0 Å². The topological polar surface area (TPSA) is 76.7 Å². The van der Waals surface area contributed by atoms with E-state index in [-0.39, 0.29) is 24.2 Å². The van der Waals surface area contributed by atoms with Crippen molar-refractivity contribution in [3.63, 3.8) is 0 Å². The molecule has 9 heteroatoms. The molecule has 2 aromatic rings. The largest absolute Gasteiger partial charge is 0.497 e. The second-order valence-electron chi connectivity index (χ2n) is 6.43. The second-order valence-corrected chi connectivity index (χ2v) is 6.43. The van der Waals surface area contributed by atoms with E-state index in [2.05, 4.69) is 10.6 Å². The average molecular weight is 424 g/mol. The molecule has 0 saturated carbocycles. The van der Waals surface area contributed by atoms with Crippen LogP contribution in [0.5, 0.6) is 11.5 Å². The third-order valence-electron chi connectivity index (χ3n) is 4.24. The summed E-state index contributed by atoms with van der Waals surface area (Å²) < 4.78 is 49.9. The summed E-state index contributed by atoms with van der Waals surface area (Å²) in [5.41, 5.74) is -0.468. The summed E-state index contributed by atoms with van der Waals surface area (Å²) in [6.45, 7) is 1.76. The molecule has 0 aromatic heterocycles. The number of rotatable bonds is 8. The summed E-state index contributed by atoms with van der Waals surface area (Å²) in [5.74, 6) is 0.0466. The highest BCUT2D eigenvalue weighted by Gasteiger charge is 2.32. The molecule has 0 bridgehead atoms. The molecular formula is C21H23F3N2O4. The molecule has 2 aromatic carbocycles. The van der Waals surface area contributed by atoms with Gasteiger partial charge in [-0.25, -0.2) is 0 Å². The Bertz CT molecular complexity index is 891. The summed E-state index contributed by atoms with van der Waals surface area (Å²) in [6.07, 6.45) is -4.14. The lowest BCUT2D eigenvalue weighted by atomic mass is 10.1. The van der Waals surface area contributed by atoms with E-state index >= 15 is 0 Å². The summed E-state index contributed by atoms with van der Waals surface area (Å²) >= 11 is 0. The van der Waals surface area contributed by atoms with Gasteiger partial charge in [-0.15, -0.1) is 0 Å². The van der Waals surface area contributed by atoms with E-state index in [1.807, 2.05) is 0 Å². The molecule has 0 spiro atoms. The molecule has 0 saturated heterocycles. The fourth-order valence-electron chi connectivity index (χ4n) is 2.68. The van der Waals surface area contributed by atoms with Crippen LogP contribution < -0.4 is 20.1 Å². The van der Waals surface area contributed by atoms with Gasteiger partial charge in [0.15, 0.2) is 0 Å². The van der Waals surface area contributed by atoms with Gasteiger partial charge in [0.1, 0.15) is 11.5 Å². The van der Waals surface area contributed by atoms with Crippen LogP contribution in [0.15, 0.2) is 36.4 Å². The molecule has 2 amide bonds. The van der Waals surface area contributed by atoms with Gasteiger partial charge in [0.2, 0.25) is 5.91 Å². The molecule has 0 aliphatic heterocycles. The number of nitrogens with one attached hydrogen (secondary N) is 2. The fraction of sp³-hybridized carbons (Fsp3) is 0.333. The van der Waals surface area contributed by atoms with Gasteiger partial charge in [0, 0.05) is 30.3 Å². The van der Waals surface area contributed by atoms with Crippen molar-refractivity contribution in [3.8, 4) is 11.5 Å². The summed E-state index contributed by atoms with van der Waals surface area (Å²) in [5, 5.41) is 4.95. The van der Waals surface area contributed by atoms with Crippen LogP contribution >= 0.6 is 0 Å². The Kier molecular flexibility index (Phi) is 7.68. The molecular weight excluding hydrogens is 401 g/mol. The van der Waals surface area contributed by atoms with Crippen molar-refractivity contribution in [1.29, 1.82) is 0 Å². The highest BCUT2D eigenvalue weighted by atomic mass is 19.4. The summed E-state index contributed by atoms with van der Waals surface area (Å²) in [6, 6.07) is 8.02. The first-order valence-corrected chi connectivity index (χ1v) is 9.18. The zero-order chi connectivity index (χ0) is 22.3. The van der Waals surface area contributed by atoms with Gasteiger partial charge in [-0.3, -0.25) is 9.59 Å². The van der Waals surface area contributed by atoms with Gasteiger partial charge in [0.05, 0.1) is 19.8 Å². The van der Waals surface area contributed by atoms with Crippen molar-refractivity contribution in [2.75, 3.05) is 26.1 Å². The Balaban J connectivity index is 2.14. The molecule has 30 heavy (non-hydrogen) atoms. The lowest BCUT2D eigenvalue weighted by molar-refractivity contribution is -0.137. The first kappa shape index (κ1) is 23.1. The standard InChI is InChI=1S/C21H23F3N2O4/c1-4-19(27)26-16-10-14(9-15(11-16)21(22,23)24)20(28)25-6-5-13-7-17(29-2)12-18(8-13)30-3/h7-12H,4-6H2,1-3H3,(H,25,28)(H,26,27). The molecule has 0 aliphatic rings. The highest BCUT2D eigenvalue weighted by Crippen LogP contribution is 2.32. The molecule has 0 fully saturated rings. The van der Waals surface area contributed by atoms with Crippen LogP contribution in [0.2, 0.25) is 0 Å². The lowest BCUT2D eigenvalue weighted by Crippen LogP contribution is -2.26. The van der Waals surface area contributed by atoms with Crippen molar-refractivity contribution < 1.29 is 32.2 Å². The number of carbonyl (C=O) groups excluding carboxylic acids is 2. The maximum absolute atomic E-state index is 13.2. The van der Waals surface area contributed by atoms with Gasteiger partial charge in [-0.2, -0.15) is 13.2 Å². The minimum absolute atomic E-state index is 0.0839. The first-order chi connectivity index (χ1) is 14.2. The smallest absolute Gasteiger partial charge is 0.416 e. The number of alkyl halides is 3.